The van der Waals surface area contributed by atoms with Crippen molar-refractivity contribution in [1.29, 1.82) is 0 Å². The highest BCUT2D eigenvalue weighted by Gasteiger charge is 2.16. The van der Waals surface area contributed by atoms with Gasteiger partial charge in [0.25, 0.3) is 0 Å². The third-order valence-corrected chi connectivity index (χ3v) is 11.9. The second-order valence-electron chi connectivity index (χ2n) is 12.6. The first kappa shape index (κ1) is 29.0. The molecule has 234 valence electrons. The van der Waals surface area contributed by atoms with Crippen molar-refractivity contribution in [3.63, 3.8) is 0 Å². The summed E-state index contributed by atoms with van der Waals surface area (Å²) >= 11 is 3.70. The van der Waals surface area contributed by atoms with E-state index in [1.807, 2.05) is 40.9 Å². The fourth-order valence-corrected chi connectivity index (χ4v) is 9.37. The standard InChI is InChI=1S/C46H28N2S2/c1-3-12-29(13-4-1)32-24-33(35-18-11-19-38-36-16-7-10-21-43(36)50-45(35)38)26-34(25-32)41-28-40(47-46(48-41)30-14-5-2-6-15-30)31-22-23-44-39(27-31)37-17-8-9-20-42(37)49-44/h1-28H. The van der Waals surface area contributed by atoms with Crippen LogP contribution in [0.15, 0.2) is 170 Å². The first-order valence-electron chi connectivity index (χ1n) is 16.7. The highest BCUT2D eigenvalue weighted by Crippen LogP contribution is 2.42. The van der Waals surface area contributed by atoms with Crippen molar-refractivity contribution in [2.45, 2.75) is 0 Å². The first-order chi connectivity index (χ1) is 24.7. The summed E-state index contributed by atoms with van der Waals surface area (Å²) in [5.41, 5.74) is 9.67. The normalized spacial score (nSPS) is 11.6. The lowest BCUT2D eigenvalue weighted by atomic mass is 9.94. The van der Waals surface area contributed by atoms with E-state index in [4.69, 9.17) is 9.97 Å². The number of nitrogens with zero attached hydrogens (tertiary/aromatic N) is 2. The molecule has 0 fully saturated rings. The van der Waals surface area contributed by atoms with Crippen molar-refractivity contribution < 1.29 is 0 Å². The Morgan fingerprint density at radius 3 is 1.68 bits per heavy atom. The summed E-state index contributed by atoms with van der Waals surface area (Å²) in [6.07, 6.45) is 0. The molecule has 0 atom stereocenters. The molecule has 0 amide bonds. The summed E-state index contributed by atoms with van der Waals surface area (Å²) in [4.78, 5) is 10.5. The molecule has 0 spiro atoms. The van der Waals surface area contributed by atoms with Crippen LogP contribution in [0.25, 0.3) is 96.5 Å². The fraction of sp³-hybridized carbons (Fsp3) is 0. The van der Waals surface area contributed by atoms with Crippen LogP contribution in [0.3, 0.4) is 0 Å². The molecule has 0 bridgehead atoms. The lowest BCUT2D eigenvalue weighted by Crippen LogP contribution is -1.96. The number of thiophene rings is 2. The van der Waals surface area contributed by atoms with E-state index in [-0.39, 0.29) is 0 Å². The average Bonchev–Trinajstić information content (AvgIpc) is 3.76. The Bertz CT molecular complexity index is 2870. The number of fused-ring (bicyclic) bond motifs is 6. The van der Waals surface area contributed by atoms with Gasteiger partial charge in [-0.25, -0.2) is 9.97 Å². The van der Waals surface area contributed by atoms with Crippen molar-refractivity contribution in [2.75, 3.05) is 0 Å². The third kappa shape index (κ3) is 5.00. The Kier molecular flexibility index (Phi) is 6.90. The molecule has 10 aromatic rings. The number of benzene rings is 7. The molecule has 0 saturated heterocycles. The lowest BCUT2D eigenvalue weighted by molar-refractivity contribution is 1.18. The van der Waals surface area contributed by atoms with Crippen molar-refractivity contribution >= 4 is 63.0 Å². The minimum Gasteiger partial charge on any atom is -0.228 e. The predicted molar refractivity (Wildman–Crippen MR) is 215 cm³/mol. The third-order valence-electron chi connectivity index (χ3n) is 9.48. The Morgan fingerprint density at radius 2 is 0.900 bits per heavy atom. The van der Waals surface area contributed by atoms with Gasteiger partial charge in [0.1, 0.15) is 0 Å². The van der Waals surface area contributed by atoms with Gasteiger partial charge in [0.2, 0.25) is 0 Å². The molecule has 0 N–H and O–H groups in total. The van der Waals surface area contributed by atoms with Crippen LogP contribution < -0.4 is 0 Å². The van der Waals surface area contributed by atoms with E-state index < -0.39 is 0 Å². The Balaban J connectivity index is 1.21. The highest BCUT2D eigenvalue weighted by atomic mass is 32.1. The molecule has 0 aliphatic rings. The number of aromatic nitrogens is 2. The zero-order chi connectivity index (χ0) is 33.0. The van der Waals surface area contributed by atoms with Crippen LogP contribution in [0.2, 0.25) is 0 Å². The van der Waals surface area contributed by atoms with Gasteiger partial charge in [0, 0.05) is 57.0 Å². The lowest BCUT2D eigenvalue weighted by Gasteiger charge is -2.14. The largest absolute Gasteiger partial charge is 0.228 e. The van der Waals surface area contributed by atoms with E-state index in [2.05, 4.69) is 152 Å². The van der Waals surface area contributed by atoms with Crippen LogP contribution in [0.1, 0.15) is 0 Å². The van der Waals surface area contributed by atoms with Crippen LogP contribution in [0.4, 0.5) is 0 Å². The Hall–Kier alpha value is -5.94. The molecule has 2 nitrogen and oxygen atoms in total. The van der Waals surface area contributed by atoms with Crippen LogP contribution in [0.5, 0.6) is 0 Å². The van der Waals surface area contributed by atoms with Crippen molar-refractivity contribution in [1.82, 2.24) is 9.97 Å². The van der Waals surface area contributed by atoms with Gasteiger partial charge in [-0.3, -0.25) is 0 Å². The van der Waals surface area contributed by atoms with Gasteiger partial charge in [-0.1, -0.05) is 121 Å². The SMILES string of the molecule is c1ccc(-c2cc(-c3cc(-c4ccc5sc6ccccc6c5c4)nc(-c4ccccc4)n3)cc(-c3cccc4c3sc3ccccc34)c2)cc1. The highest BCUT2D eigenvalue weighted by molar-refractivity contribution is 7.26. The second-order valence-corrected chi connectivity index (χ2v) is 14.7. The van der Waals surface area contributed by atoms with Crippen molar-refractivity contribution in [2.24, 2.45) is 0 Å². The summed E-state index contributed by atoms with van der Waals surface area (Å²) < 4.78 is 5.18. The van der Waals surface area contributed by atoms with E-state index in [1.54, 1.807) is 0 Å². The molecular formula is C46H28N2S2. The first-order valence-corrected chi connectivity index (χ1v) is 18.4. The quantitative estimate of drug-likeness (QED) is 0.182. The number of hydrogen-bond donors (Lipinski definition) is 0. The zero-order valence-corrected chi connectivity index (χ0v) is 28.5. The van der Waals surface area contributed by atoms with E-state index in [1.165, 1.54) is 57.0 Å². The molecule has 0 saturated carbocycles. The summed E-state index contributed by atoms with van der Waals surface area (Å²) in [7, 11) is 0. The van der Waals surface area contributed by atoms with Gasteiger partial charge in [0.05, 0.1) is 11.4 Å². The molecule has 3 aromatic heterocycles. The summed E-state index contributed by atoms with van der Waals surface area (Å²) in [5, 5.41) is 5.13. The molecule has 0 aliphatic carbocycles. The van der Waals surface area contributed by atoms with Crippen molar-refractivity contribution in [3.05, 3.63) is 170 Å². The maximum Gasteiger partial charge on any atom is 0.160 e. The Morgan fingerprint density at radius 1 is 0.320 bits per heavy atom. The topological polar surface area (TPSA) is 25.8 Å². The predicted octanol–water partition coefficient (Wildman–Crippen LogP) is 13.5. The maximum absolute atomic E-state index is 5.26. The van der Waals surface area contributed by atoms with Gasteiger partial charge in [-0.05, 0) is 70.8 Å². The molecule has 3 heterocycles. The minimum atomic E-state index is 0.714. The van der Waals surface area contributed by atoms with Gasteiger partial charge in [0.15, 0.2) is 5.82 Å². The van der Waals surface area contributed by atoms with Gasteiger partial charge in [-0.2, -0.15) is 0 Å². The molecule has 50 heavy (non-hydrogen) atoms. The zero-order valence-electron chi connectivity index (χ0n) is 26.9. The average molecular weight is 673 g/mol. The number of hydrogen-bond acceptors (Lipinski definition) is 4. The molecule has 7 aromatic carbocycles. The Labute approximate surface area is 297 Å². The van der Waals surface area contributed by atoms with Gasteiger partial charge < -0.3 is 0 Å². The maximum atomic E-state index is 5.26. The minimum absolute atomic E-state index is 0.714. The summed E-state index contributed by atoms with van der Waals surface area (Å²) in [6.45, 7) is 0. The van der Waals surface area contributed by atoms with Gasteiger partial charge >= 0.3 is 0 Å². The summed E-state index contributed by atoms with van der Waals surface area (Å²) in [5.74, 6) is 0.714. The molecule has 0 aliphatic heterocycles. The molecule has 4 heteroatoms. The molecular weight excluding hydrogens is 645 g/mol. The van der Waals surface area contributed by atoms with E-state index in [9.17, 15) is 0 Å². The molecule has 0 radical (unpaired) electrons. The smallest absolute Gasteiger partial charge is 0.160 e. The van der Waals surface area contributed by atoms with Crippen molar-refractivity contribution in [3.8, 4) is 56.2 Å². The monoisotopic (exact) mass is 672 g/mol. The fourth-order valence-electron chi connectivity index (χ4n) is 7.05. The molecule has 0 unspecified atom stereocenters. The van der Waals surface area contributed by atoms with Crippen LogP contribution >= 0.6 is 22.7 Å². The van der Waals surface area contributed by atoms with E-state index in [0.29, 0.717) is 5.82 Å². The summed E-state index contributed by atoms with van der Waals surface area (Å²) in [6, 6.07) is 60.8. The molecule has 10 rings (SSSR count). The van der Waals surface area contributed by atoms with Crippen LogP contribution in [-0.4, -0.2) is 9.97 Å². The van der Waals surface area contributed by atoms with Crippen LogP contribution in [-0.2, 0) is 0 Å². The van der Waals surface area contributed by atoms with Crippen LogP contribution in [0, 0.1) is 0 Å². The number of rotatable bonds is 5. The second kappa shape index (κ2) is 11.9. The van der Waals surface area contributed by atoms with E-state index in [0.717, 1.165) is 33.6 Å². The van der Waals surface area contributed by atoms with E-state index >= 15 is 0 Å². The van der Waals surface area contributed by atoms with Gasteiger partial charge in [-0.15, -0.1) is 22.7 Å².